The second-order valence-electron chi connectivity index (χ2n) is 9.63. The van der Waals surface area contributed by atoms with Crippen LogP contribution < -0.4 is 15.6 Å². The Hall–Kier alpha value is -4.92. The fourth-order valence-corrected chi connectivity index (χ4v) is 4.55. The van der Waals surface area contributed by atoms with E-state index in [4.69, 9.17) is 27.6 Å². The van der Waals surface area contributed by atoms with Crippen LogP contribution >= 0.6 is 23.2 Å². The van der Waals surface area contributed by atoms with Gasteiger partial charge in [0.15, 0.2) is 6.17 Å². The number of benzene rings is 2. The number of carbonyl (C=O) groups is 3. The van der Waals surface area contributed by atoms with E-state index in [2.05, 4.69) is 15.8 Å². The smallest absolute Gasteiger partial charge is 0.401 e. The summed E-state index contributed by atoms with van der Waals surface area (Å²) in [5.74, 6) is -0.889. The lowest BCUT2D eigenvalue weighted by molar-refractivity contribution is -0.402. The minimum absolute atomic E-state index is 0.205. The molecule has 3 aromatic rings. The van der Waals surface area contributed by atoms with Gasteiger partial charge in [-0.05, 0) is 80.6 Å². The van der Waals surface area contributed by atoms with Crippen molar-refractivity contribution in [1.82, 2.24) is 15.4 Å². The van der Waals surface area contributed by atoms with Gasteiger partial charge in [0.25, 0.3) is 5.91 Å². The van der Waals surface area contributed by atoms with E-state index >= 15 is 0 Å². The molecule has 2 heterocycles. The molecule has 1 aromatic heterocycles. The van der Waals surface area contributed by atoms with Crippen LogP contribution in [0.25, 0.3) is 6.08 Å². The van der Waals surface area contributed by atoms with Crippen molar-refractivity contribution in [2.75, 3.05) is 16.8 Å². The lowest BCUT2D eigenvalue weighted by Crippen LogP contribution is -2.58. The number of halogens is 2. The van der Waals surface area contributed by atoms with Crippen molar-refractivity contribution in [3.05, 3.63) is 92.7 Å². The molecule has 14 nitrogen and oxygen atoms in total. The van der Waals surface area contributed by atoms with E-state index in [0.29, 0.717) is 26.5 Å². The number of nitrogens with zero attached hydrogens (tertiary/aromatic N) is 5. The van der Waals surface area contributed by atoms with Crippen LogP contribution in [0.4, 0.5) is 26.8 Å². The van der Waals surface area contributed by atoms with E-state index in [1.807, 2.05) is 0 Å². The van der Waals surface area contributed by atoms with E-state index in [-0.39, 0.29) is 5.76 Å². The summed E-state index contributed by atoms with van der Waals surface area (Å²) in [4.78, 5) is 52.0. The van der Waals surface area contributed by atoms with Crippen molar-refractivity contribution in [1.29, 1.82) is 0 Å². The maximum atomic E-state index is 13.7. The average molecular weight is 630 g/mol. The Morgan fingerprint density at radius 2 is 1.74 bits per heavy atom. The third kappa shape index (κ3) is 7.12. The highest BCUT2D eigenvalue weighted by Gasteiger charge is 2.56. The molecule has 224 valence electrons. The van der Waals surface area contributed by atoms with Crippen molar-refractivity contribution in [3.63, 3.8) is 0 Å². The van der Waals surface area contributed by atoms with Gasteiger partial charge in [-0.15, -0.1) is 0 Å². The van der Waals surface area contributed by atoms with Gasteiger partial charge in [-0.3, -0.25) is 25.0 Å². The normalized spacial score (nSPS) is 16.2. The van der Waals surface area contributed by atoms with Gasteiger partial charge in [0.2, 0.25) is 0 Å². The second kappa shape index (κ2) is 12.9. The minimum atomic E-state index is -1.31. The van der Waals surface area contributed by atoms with Crippen LogP contribution in [0.15, 0.2) is 76.3 Å². The van der Waals surface area contributed by atoms with Crippen molar-refractivity contribution >= 4 is 70.7 Å². The summed E-state index contributed by atoms with van der Waals surface area (Å²) in [5.41, 5.74) is 1.64. The first-order valence-corrected chi connectivity index (χ1v) is 13.3. The molecule has 4 rings (SSSR count). The zero-order valence-corrected chi connectivity index (χ0v) is 24.2. The topological polar surface area (TPSA) is 174 Å². The van der Waals surface area contributed by atoms with Gasteiger partial charge in [-0.25, -0.2) is 15.0 Å². The summed E-state index contributed by atoms with van der Waals surface area (Å²) >= 11 is 11.9. The number of nitrogens with one attached hydrogen (secondary N) is 2. The summed E-state index contributed by atoms with van der Waals surface area (Å²) < 4.78 is 4.98. The fraction of sp³-hybridized carbons (Fsp3) is 0.185. The number of hydrazone groups is 1. The zero-order valence-electron chi connectivity index (χ0n) is 22.7. The number of urea groups is 2. The number of amides is 5. The minimum Gasteiger partial charge on any atom is -0.401 e. The van der Waals surface area contributed by atoms with Crippen LogP contribution in [0.2, 0.25) is 10.0 Å². The predicted octanol–water partition coefficient (Wildman–Crippen LogP) is 5.58. The maximum absolute atomic E-state index is 13.7. The molecule has 2 aromatic carbocycles. The quantitative estimate of drug-likeness (QED) is 0.120. The first-order chi connectivity index (χ1) is 20.4. The highest BCUT2D eigenvalue weighted by Crippen LogP contribution is 2.38. The molecule has 0 spiro atoms. The van der Waals surface area contributed by atoms with E-state index in [9.17, 15) is 29.7 Å². The Kier molecular flexibility index (Phi) is 9.34. The average Bonchev–Trinajstić information content (AvgIpc) is 3.51. The predicted molar refractivity (Wildman–Crippen MR) is 159 cm³/mol. The molecule has 1 fully saturated rings. The summed E-state index contributed by atoms with van der Waals surface area (Å²) in [5, 5.41) is 29.4. The van der Waals surface area contributed by atoms with Crippen molar-refractivity contribution < 1.29 is 28.9 Å². The van der Waals surface area contributed by atoms with Crippen molar-refractivity contribution in [2.24, 2.45) is 5.10 Å². The summed E-state index contributed by atoms with van der Waals surface area (Å²) in [6.45, 7) is 2.70. The van der Waals surface area contributed by atoms with Gasteiger partial charge in [-0.2, -0.15) is 10.2 Å². The lowest BCUT2D eigenvalue weighted by atomic mass is 9.99. The number of anilines is 2. The molecule has 0 unspecified atom stereocenters. The molecule has 0 aliphatic carbocycles. The Bertz CT molecular complexity index is 1570. The van der Waals surface area contributed by atoms with E-state index in [0.717, 1.165) is 0 Å². The van der Waals surface area contributed by atoms with Gasteiger partial charge < -0.3 is 14.6 Å². The standard InChI is InChI=1S/C27H25Cl2N7O7/c1-27(2)24(35(40)25(38)31-19-9-5-17(28)6-10-19)34(20-11-7-18(29)8-12-20)26(39)33(27)16-22(37)32-30-15-3-4-21-13-14-23(43-21)36(41)42/h3-15,24,40H,16H2,1-2H3,(H,31,38)(H,32,37)/b4-3+,30-15-/t24-/m0/s1. The molecular formula is C27H25Cl2N7O7. The molecular weight excluding hydrogens is 605 g/mol. The molecule has 1 saturated heterocycles. The molecule has 1 aliphatic rings. The molecule has 0 bridgehead atoms. The highest BCUT2D eigenvalue weighted by molar-refractivity contribution is 6.31. The largest absolute Gasteiger partial charge is 0.433 e. The SMILES string of the molecule is CC1(C)[C@H](N(O)C(=O)Nc2ccc(Cl)cc2)N(c2ccc(Cl)cc2)C(=O)N1CC(=O)N/N=C\C=C\c1ccc([N+](=O)[O-])o1. The molecule has 5 amide bonds. The Labute approximate surface area is 254 Å². The van der Waals surface area contributed by atoms with Gasteiger partial charge in [0.1, 0.15) is 17.2 Å². The lowest BCUT2D eigenvalue weighted by Gasteiger charge is -2.38. The number of nitro groups is 1. The van der Waals surface area contributed by atoms with Crippen LogP contribution in [0.1, 0.15) is 19.6 Å². The number of allylic oxidation sites excluding steroid dienone is 1. The zero-order chi connectivity index (χ0) is 31.3. The van der Waals surface area contributed by atoms with Crippen molar-refractivity contribution in [3.8, 4) is 0 Å². The van der Waals surface area contributed by atoms with Crippen LogP contribution in [-0.4, -0.2) is 62.5 Å². The first-order valence-electron chi connectivity index (χ1n) is 12.5. The number of hydrogen-bond donors (Lipinski definition) is 3. The Balaban J connectivity index is 1.50. The molecule has 3 N–H and O–H groups in total. The molecule has 1 aliphatic heterocycles. The summed E-state index contributed by atoms with van der Waals surface area (Å²) in [6, 6.07) is 13.4. The van der Waals surface area contributed by atoms with Crippen LogP contribution in [0.5, 0.6) is 0 Å². The monoisotopic (exact) mass is 629 g/mol. The van der Waals surface area contributed by atoms with Gasteiger partial charge >= 0.3 is 17.9 Å². The van der Waals surface area contributed by atoms with Crippen molar-refractivity contribution in [2.45, 2.75) is 25.6 Å². The molecule has 0 saturated carbocycles. The fourth-order valence-electron chi connectivity index (χ4n) is 4.29. The van der Waals surface area contributed by atoms with Gasteiger partial charge in [0, 0.05) is 27.6 Å². The second-order valence-corrected chi connectivity index (χ2v) is 10.5. The Morgan fingerprint density at radius 3 is 2.35 bits per heavy atom. The third-order valence-corrected chi connectivity index (χ3v) is 6.86. The summed E-state index contributed by atoms with van der Waals surface area (Å²) in [7, 11) is 0. The first kappa shape index (κ1) is 31.0. The van der Waals surface area contributed by atoms with E-state index < -0.39 is 47.0 Å². The summed E-state index contributed by atoms with van der Waals surface area (Å²) in [6.07, 6.45) is 2.71. The Morgan fingerprint density at radius 1 is 1.12 bits per heavy atom. The van der Waals surface area contributed by atoms with Crippen LogP contribution in [-0.2, 0) is 4.79 Å². The van der Waals surface area contributed by atoms with Crippen LogP contribution in [0.3, 0.4) is 0 Å². The number of rotatable bonds is 9. The molecule has 43 heavy (non-hydrogen) atoms. The van der Waals surface area contributed by atoms with Gasteiger partial charge in [0.05, 0.1) is 11.6 Å². The number of furan rings is 1. The number of hydroxylamine groups is 2. The maximum Gasteiger partial charge on any atom is 0.433 e. The highest BCUT2D eigenvalue weighted by atomic mass is 35.5. The molecule has 0 radical (unpaired) electrons. The van der Waals surface area contributed by atoms with Gasteiger partial charge in [-0.1, -0.05) is 23.2 Å². The van der Waals surface area contributed by atoms with E-state index in [1.165, 1.54) is 40.3 Å². The number of hydrogen-bond acceptors (Lipinski definition) is 8. The number of carbonyl (C=O) groups excluding carboxylic acids is 3. The van der Waals surface area contributed by atoms with Crippen LogP contribution in [0, 0.1) is 10.1 Å². The molecule has 16 heteroatoms. The third-order valence-electron chi connectivity index (χ3n) is 6.35. The molecule has 1 atom stereocenters. The van der Waals surface area contributed by atoms with E-state index in [1.54, 1.807) is 62.4 Å².